The molecule has 2 N–H and O–H groups in total. The summed E-state index contributed by atoms with van der Waals surface area (Å²) in [6.07, 6.45) is 1.64. The van der Waals surface area contributed by atoms with Crippen molar-refractivity contribution in [2.75, 3.05) is 5.32 Å². The summed E-state index contributed by atoms with van der Waals surface area (Å²) < 4.78 is 0. The molecule has 0 aliphatic heterocycles. The Bertz CT molecular complexity index is 666. The first kappa shape index (κ1) is 16.5. The van der Waals surface area contributed by atoms with Crippen LogP contribution in [0.3, 0.4) is 0 Å². The van der Waals surface area contributed by atoms with Crippen LogP contribution in [0.2, 0.25) is 5.02 Å². The molecule has 0 heterocycles. The van der Waals surface area contributed by atoms with Gasteiger partial charge in [-0.15, -0.1) is 0 Å². The van der Waals surface area contributed by atoms with Crippen molar-refractivity contribution >= 4 is 40.8 Å². The Hall–Kier alpha value is -1.91. The van der Waals surface area contributed by atoms with Crippen molar-refractivity contribution in [3.63, 3.8) is 0 Å². The van der Waals surface area contributed by atoms with Crippen LogP contribution in [0.15, 0.2) is 53.6 Å². The van der Waals surface area contributed by atoms with Crippen LogP contribution in [-0.2, 0) is 0 Å². The quantitative estimate of drug-likeness (QED) is 0.480. The Balaban J connectivity index is 1.89. The van der Waals surface area contributed by atoms with E-state index in [9.17, 15) is 0 Å². The third kappa shape index (κ3) is 4.83. The van der Waals surface area contributed by atoms with E-state index in [1.54, 1.807) is 6.21 Å². The van der Waals surface area contributed by atoms with Crippen LogP contribution in [-0.4, -0.2) is 11.3 Å². The van der Waals surface area contributed by atoms with E-state index in [0.717, 1.165) is 11.3 Å². The molecule has 22 heavy (non-hydrogen) atoms. The van der Waals surface area contributed by atoms with Crippen LogP contribution in [0.25, 0.3) is 0 Å². The highest BCUT2D eigenvalue weighted by molar-refractivity contribution is 7.80. The summed E-state index contributed by atoms with van der Waals surface area (Å²) in [6.45, 7) is 4.33. The lowest BCUT2D eigenvalue weighted by Crippen LogP contribution is -2.23. The number of hydrogen-bond donors (Lipinski definition) is 2. The molecule has 114 valence electrons. The molecule has 0 unspecified atom stereocenters. The van der Waals surface area contributed by atoms with Gasteiger partial charge in [0.15, 0.2) is 5.11 Å². The van der Waals surface area contributed by atoms with Gasteiger partial charge >= 0.3 is 0 Å². The molecule has 0 aliphatic rings. The largest absolute Gasteiger partial charge is 0.331 e. The summed E-state index contributed by atoms with van der Waals surface area (Å²) in [5, 5.41) is 8.24. The fourth-order valence-electron chi connectivity index (χ4n) is 1.85. The smallest absolute Gasteiger partial charge is 0.191 e. The predicted molar refractivity (Wildman–Crippen MR) is 98.9 cm³/mol. The molecule has 0 aromatic heterocycles. The molecule has 0 atom stereocenters. The number of anilines is 1. The second kappa shape index (κ2) is 7.92. The maximum atomic E-state index is 6.04. The van der Waals surface area contributed by atoms with Crippen molar-refractivity contribution in [2.24, 2.45) is 5.10 Å². The van der Waals surface area contributed by atoms with E-state index in [2.05, 4.69) is 41.8 Å². The molecular formula is C17H18ClN3S. The lowest BCUT2D eigenvalue weighted by atomic mass is 10.0. The molecular weight excluding hydrogens is 314 g/mol. The Morgan fingerprint density at radius 3 is 2.45 bits per heavy atom. The molecule has 0 amide bonds. The van der Waals surface area contributed by atoms with E-state index in [1.165, 1.54) is 5.56 Å². The van der Waals surface area contributed by atoms with Gasteiger partial charge in [0.25, 0.3) is 0 Å². The summed E-state index contributed by atoms with van der Waals surface area (Å²) in [5.74, 6) is 0.513. The number of nitrogens with zero attached hydrogens (tertiary/aromatic N) is 1. The summed E-state index contributed by atoms with van der Waals surface area (Å²) in [5.41, 5.74) is 5.83. The minimum Gasteiger partial charge on any atom is -0.331 e. The molecule has 3 nitrogen and oxygen atoms in total. The molecule has 0 aliphatic carbocycles. The fraction of sp³-hybridized carbons (Fsp3) is 0.176. The van der Waals surface area contributed by atoms with Crippen molar-refractivity contribution < 1.29 is 0 Å². The average molecular weight is 332 g/mol. The van der Waals surface area contributed by atoms with Crippen LogP contribution in [0.5, 0.6) is 0 Å². The Morgan fingerprint density at radius 1 is 1.14 bits per heavy atom. The molecule has 0 spiro atoms. The molecule has 0 saturated heterocycles. The molecule has 2 aromatic carbocycles. The van der Waals surface area contributed by atoms with E-state index >= 15 is 0 Å². The van der Waals surface area contributed by atoms with E-state index in [-0.39, 0.29) is 0 Å². The molecule has 5 heteroatoms. The fourth-order valence-corrected chi connectivity index (χ4v) is 2.21. The number of thiocarbonyl (C=S) groups is 1. The van der Waals surface area contributed by atoms with Gasteiger partial charge in [-0.05, 0) is 41.9 Å². The molecule has 2 aromatic rings. The zero-order valence-corrected chi connectivity index (χ0v) is 14.1. The van der Waals surface area contributed by atoms with Gasteiger partial charge in [-0.25, -0.2) is 0 Å². The average Bonchev–Trinajstić information content (AvgIpc) is 2.50. The number of hydrazone groups is 1. The number of benzene rings is 2. The minimum atomic E-state index is 0.431. The number of nitrogens with one attached hydrogen (secondary N) is 2. The highest BCUT2D eigenvalue weighted by Gasteiger charge is 2.00. The van der Waals surface area contributed by atoms with Crippen LogP contribution in [0, 0.1) is 0 Å². The van der Waals surface area contributed by atoms with Gasteiger partial charge in [-0.1, -0.05) is 55.8 Å². The topological polar surface area (TPSA) is 36.4 Å². The number of halogens is 1. The van der Waals surface area contributed by atoms with Crippen LogP contribution in [0.1, 0.15) is 30.9 Å². The van der Waals surface area contributed by atoms with Crippen LogP contribution >= 0.6 is 23.8 Å². The number of hydrogen-bond acceptors (Lipinski definition) is 2. The van der Waals surface area contributed by atoms with Gasteiger partial charge in [0.2, 0.25) is 0 Å². The summed E-state index contributed by atoms with van der Waals surface area (Å²) >= 11 is 11.2. The molecule has 2 rings (SSSR count). The van der Waals surface area contributed by atoms with Crippen LogP contribution < -0.4 is 10.7 Å². The second-order valence-corrected chi connectivity index (χ2v) is 5.94. The second-order valence-electron chi connectivity index (χ2n) is 5.12. The molecule has 0 radical (unpaired) electrons. The zero-order chi connectivity index (χ0) is 15.9. The third-order valence-corrected chi connectivity index (χ3v) is 3.65. The van der Waals surface area contributed by atoms with Crippen molar-refractivity contribution in [1.82, 2.24) is 5.43 Å². The molecule has 0 fully saturated rings. The summed E-state index contributed by atoms with van der Waals surface area (Å²) in [6, 6.07) is 15.7. The van der Waals surface area contributed by atoms with Gasteiger partial charge in [0.1, 0.15) is 0 Å². The van der Waals surface area contributed by atoms with E-state index in [4.69, 9.17) is 23.8 Å². The standard InChI is InChI=1S/C17H18ClN3S/c1-12(2)13-7-9-15(10-8-13)20-17(22)21-19-11-14-5-3-4-6-16(14)18/h3-12H,1-2H3,(H2,20,21,22). The van der Waals surface area contributed by atoms with Gasteiger partial charge in [-0.3, -0.25) is 5.43 Å². The molecule has 0 saturated carbocycles. The normalized spacial score (nSPS) is 10.9. The van der Waals surface area contributed by atoms with E-state index in [1.807, 2.05) is 36.4 Å². The SMILES string of the molecule is CC(C)c1ccc(NC(=S)NN=Cc2ccccc2Cl)cc1. The predicted octanol–water partition coefficient (Wildman–Crippen LogP) is 4.78. The summed E-state index contributed by atoms with van der Waals surface area (Å²) in [7, 11) is 0. The first-order valence-corrected chi connectivity index (χ1v) is 7.79. The van der Waals surface area contributed by atoms with Crippen molar-refractivity contribution in [3.8, 4) is 0 Å². The lowest BCUT2D eigenvalue weighted by molar-refractivity contribution is 0.867. The van der Waals surface area contributed by atoms with Gasteiger partial charge in [-0.2, -0.15) is 5.10 Å². The maximum absolute atomic E-state index is 6.04. The Morgan fingerprint density at radius 2 is 1.82 bits per heavy atom. The lowest BCUT2D eigenvalue weighted by Gasteiger charge is -2.09. The maximum Gasteiger partial charge on any atom is 0.191 e. The monoisotopic (exact) mass is 331 g/mol. The molecule has 0 bridgehead atoms. The summed E-state index contributed by atoms with van der Waals surface area (Å²) in [4.78, 5) is 0. The first-order chi connectivity index (χ1) is 10.6. The van der Waals surface area contributed by atoms with Gasteiger partial charge in [0.05, 0.1) is 6.21 Å². The van der Waals surface area contributed by atoms with Crippen molar-refractivity contribution in [3.05, 3.63) is 64.7 Å². The van der Waals surface area contributed by atoms with Crippen LogP contribution in [0.4, 0.5) is 5.69 Å². The van der Waals surface area contributed by atoms with Gasteiger partial charge < -0.3 is 5.32 Å². The zero-order valence-electron chi connectivity index (χ0n) is 12.5. The highest BCUT2D eigenvalue weighted by Crippen LogP contribution is 2.17. The van der Waals surface area contributed by atoms with E-state index in [0.29, 0.717) is 16.1 Å². The van der Waals surface area contributed by atoms with E-state index < -0.39 is 0 Å². The van der Waals surface area contributed by atoms with Crippen molar-refractivity contribution in [1.29, 1.82) is 0 Å². The highest BCUT2D eigenvalue weighted by atomic mass is 35.5. The Kier molecular flexibility index (Phi) is 5.92. The Labute approximate surface area is 141 Å². The third-order valence-electron chi connectivity index (χ3n) is 3.11. The minimum absolute atomic E-state index is 0.431. The first-order valence-electron chi connectivity index (χ1n) is 7.01. The number of rotatable bonds is 4. The van der Waals surface area contributed by atoms with Crippen molar-refractivity contribution in [2.45, 2.75) is 19.8 Å². The van der Waals surface area contributed by atoms with Gasteiger partial charge in [0, 0.05) is 16.3 Å².